The molecule has 0 N–H and O–H groups in total. The zero-order chi connectivity index (χ0) is 25.7. The van der Waals surface area contributed by atoms with Crippen molar-refractivity contribution in [1.82, 2.24) is 9.80 Å². The average Bonchev–Trinajstić information content (AvgIpc) is 2.95. The lowest BCUT2D eigenvalue weighted by atomic mass is 9.87. The van der Waals surface area contributed by atoms with E-state index in [4.69, 9.17) is 14.2 Å². The van der Waals surface area contributed by atoms with Gasteiger partial charge in [-0.3, -0.25) is 14.4 Å². The first-order chi connectivity index (χ1) is 17.4. The second-order valence-corrected chi connectivity index (χ2v) is 9.36. The van der Waals surface area contributed by atoms with Crippen LogP contribution in [0.2, 0.25) is 0 Å². The Morgan fingerprint density at radius 1 is 0.639 bits per heavy atom. The Balaban J connectivity index is 1.28. The molecule has 8 heteroatoms. The van der Waals surface area contributed by atoms with Crippen LogP contribution in [-0.2, 0) is 4.79 Å². The van der Waals surface area contributed by atoms with E-state index in [0.717, 1.165) is 5.75 Å². The third-order valence-corrected chi connectivity index (χ3v) is 7.28. The molecule has 8 nitrogen and oxygen atoms in total. The predicted octanol–water partition coefficient (Wildman–Crippen LogP) is 3.69. The molecule has 2 fully saturated rings. The number of nitrogens with zero attached hydrogens (tertiary/aromatic N) is 2. The van der Waals surface area contributed by atoms with Crippen molar-refractivity contribution in [2.75, 3.05) is 47.5 Å². The number of benzene rings is 2. The van der Waals surface area contributed by atoms with E-state index in [1.54, 1.807) is 68.7 Å². The van der Waals surface area contributed by atoms with Gasteiger partial charge in [-0.25, -0.2) is 0 Å². The second-order valence-electron chi connectivity index (χ2n) is 9.36. The number of likely N-dealkylation sites (tertiary alicyclic amines) is 2. The smallest absolute Gasteiger partial charge is 0.254 e. The molecule has 0 unspecified atom stereocenters. The maximum atomic E-state index is 13.2. The molecule has 2 saturated heterocycles. The van der Waals surface area contributed by atoms with Crippen molar-refractivity contribution >= 4 is 17.6 Å². The number of hydrogen-bond acceptors (Lipinski definition) is 6. The third-order valence-electron chi connectivity index (χ3n) is 7.28. The van der Waals surface area contributed by atoms with Crippen molar-refractivity contribution < 1.29 is 28.6 Å². The Kier molecular flexibility index (Phi) is 8.13. The molecule has 0 aromatic heterocycles. The fourth-order valence-corrected chi connectivity index (χ4v) is 5.05. The van der Waals surface area contributed by atoms with Gasteiger partial charge in [-0.05, 0) is 62.1 Å². The summed E-state index contributed by atoms with van der Waals surface area (Å²) in [6.07, 6.45) is 2.62. The first-order valence-electron chi connectivity index (χ1n) is 12.4. The van der Waals surface area contributed by atoms with E-state index in [1.807, 2.05) is 4.90 Å². The van der Waals surface area contributed by atoms with Gasteiger partial charge in [-0.2, -0.15) is 0 Å². The minimum Gasteiger partial charge on any atom is -0.497 e. The lowest BCUT2D eigenvalue weighted by Crippen LogP contribution is -2.47. The standard InChI is InChI=1S/C28H34N2O6/c1-34-23-6-4-19(5-7-23)26(31)20-8-12-29(13-9-20)27(32)21-10-14-30(15-11-21)28(33)22-16-24(35-2)18-25(17-22)36-3/h4-7,16-18,20-21H,8-15H2,1-3H3. The highest BCUT2D eigenvalue weighted by Crippen LogP contribution is 2.28. The van der Waals surface area contributed by atoms with Gasteiger partial charge in [0.05, 0.1) is 21.3 Å². The second kappa shape index (κ2) is 11.5. The highest BCUT2D eigenvalue weighted by molar-refractivity contribution is 5.98. The maximum Gasteiger partial charge on any atom is 0.254 e. The van der Waals surface area contributed by atoms with Gasteiger partial charge >= 0.3 is 0 Å². The lowest BCUT2D eigenvalue weighted by Gasteiger charge is -2.37. The summed E-state index contributed by atoms with van der Waals surface area (Å²) >= 11 is 0. The van der Waals surface area contributed by atoms with Gasteiger partial charge in [0, 0.05) is 55.2 Å². The van der Waals surface area contributed by atoms with Crippen LogP contribution in [0, 0.1) is 11.8 Å². The molecule has 36 heavy (non-hydrogen) atoms. The number of ketones is 1. The van der Waals surface area contributed by atoms with Crippen LogP contribution < -0.4 is 14.2 Å². The SMILES string of the molecule is COc1ccc(C(=O)C2CCN(C(=O)C3CCN(C(=O)c4cc(OC)cc(OC)c4)CC3)CC2)cc1. The Labute approximate surface area is 212 Å². The Bertz CT molecular complexity index is 1060. The monoisotopic (exact) mass is 494 g/mol. The van der Waals surface area contributed by atoms with E-state index in [0.29, 0.717) is 74.5 Å². The topological polar surface area (TPSA) is 85.4 Å². The number of Topliss-reactive ketones (excluding diaryl/α,β-unsaturated/α-hetero) is 1. The average molecular weight is 495 g/mol. The number of rotatable bonds is 7. The van der Waals surface area contributed by atoms with Gasteiger partial charge in [-0.15, -0.1) is 0 Å². The zero-order valence-corrected chi connectivity index (χ0v) is 21.2. The van der Waals surface area contributed by atoms with E-state index < -0.39 is 0 Å². The van der Waals surface area contributed by atoms with E-state index in [1.165, 1.54) is 0 Å². The minimum absolute atomic E-state index is 0.0678. The Morgan fingerprint density at radius 2 is 1.14 bits per heavy atom. The van der Waals surface area contributed by atoms with Crippen LogP contribution in [0.25, 0.3) is 0 Å². The van der Waals surface area contributed by atoms with Gasteiger partial charge in [0.1, 0.15) is 17.2 Å². The van der Waals surface area contributed by atoms with Crippen molar-refractivity contribution in [2.24, 2.45) is 11.8 Å². The van der Waals surface area contributed by atoms with Crippen molar-refractivity contribution in [1.29, 1.82) is 0 Å². The van der Waals surface area contributed by atoms with Crippen LogP contribution in [0.3, 0.4) is 0 Å². The molecule has 2 aliphatic rings. The summed E-state index contributed by atoms with van der Waals surface area (Å²) in [6, 6.07) is 12.3. The van der Waals surface area contributed by atoms with Gasteiger partial charge in [-0.1, -0.05) is 0 Å². The first-order valence-corrected chi connectivity index (χ1v) is 12.4. The van der Waals surface area contributed by atoms with Crippen molar-refractivity contribution in [3.05, 3.63) is 53.6 Å². The van der Waals surface area contributed by atoms with Gasteiger partial charge in [0.15, 0.2) is 5.78 Å². The molecule has 0 spiro atoms. The van der Waals surface area contributed by atoms with E-state index in [9.17, 15) is 14.4 Å². The highest BCUT2D eigenvalue weighted by Gasteiger charge is 2.34. The molecule has 0 radical (unpaired) electrons. The third kappa shape index (κ3) is 5.64. The number of carbonyl (C=O) groups excluding carboxylic acids is 3. The quantitative estimate of drug-likeness (QED) is 0.546. The number of piperidine rings is 2. The largest absolute Gasteiger partial charge is 0.497 e. The van der Waals surface area contributed by atoms with Gasteiger partial charge in [0.25, 0.3) is 5.91 Å². The van der Waals surface area contributed by atoms with Crippen LogP contribution in [0.4, 0.5) is 0 Å². The number of hydrogen-bond donors (Lipinski definition) is 0. The molecule has 0 saturated carbocycles. The zero-order valence-electron chi connectivity index (χ0n) is 21.2. The molecule has 4 rings (SSSR count). The molecule has 2 amide bonds. The van der Waals surface area contributed by atoms with E-state index in [-0.39, 0.29) is 29.4 Å². The van der Waals surface area contributed by atoms with E-state index >= 15 is 0 Å². The van der Waals surface area contributed by atoms with Crippen molar-refractivity contribution in [3.63, 3.8) is 0 Å². The summed E-state index contributed by atoms with van der Waals surface area (Å²) in [5, 5.41) is 0. The summed E-state index contributed by atoms with van der Waals surface area (Å²) in [6.45, 7) is 2.24. The Morgan fingerprint density at radius 3 is 1.67 bits per heavy atom. The summed E-state index contributed by atoms with van der Waals surface area (Å²) in [5.74, 6) is 1.88. The van der Waals surface area contributed by atoms with Crippen LogP contribution in [-0.4, -0.2) is 74.9 Å². The first kappa shape index (κ1) is 25.5. The molecular formula is C28H34N2O6. The fraction of sp³-hybridized carbons (Fsp3) is 0.464. The molecule has 0 bridgehead atoms. The number of ether oxygens (including phenoxy) is 3. The number of carbonyl (C=O) groups is 3. The van der Waals surface area contributed by atoms with Crippen LogP contribution in [0.5, 0.6) is 17.2 Å². The van der Waals surface area contributed by atoms with Crippen molar-refractivity contribution in [3.8, 4) is 17.2 Å². The molecular weight excluding hydrogens is 460 g/mol. The molecule has 2 heterocycles. The van der Waals surface area contributed by atoms with Crippen LogP contribution in [0.15, 0.2) is 42.5 Å². The lowest BCUT2D eigenvalue weighted by molar-refractivity contribution is -0.138. The summed E-state index contributed by atoms with van der Waals surface area (Å²) < 4.78 is 15.7. The fourth-order valence-electron chi connectivity index (χ4n) is 5.05. The highest BCUT2D eigenvalue weighted by atomic mass is 16.5. The Hall–Kier alpha value is -3.55. The van der Waals surface area contributed by atoms with Crippen molar-refractivity contribution in [2.45, 2.75) is 25.7 Å². The number of methoxy groups -OCH3 is 3. The van der Waals surface area contributed by atoms with Gasteiger partial charge < -0.3 is 24.0 Å². The summed E-state index contributed by atoms with van der Waals surface area (Å²) in [7, 11) is 4.71. The van der Waals surface area contributed by atoms with Gasteiger partial charge in [0.2, 0.25) is 5.91 Å². The number of amides is 2. The normalized spacial score (nSPS) is 17.0. The van der Waals surface area contributed by atoms with Crippen LogP contribution >= 0.6 is 0 Å². The van der Waals surface area contributed by atoms with E-state index in [2.05, 4.69) is 0 Å². The maximum absolute atomic E-state index is 13.2. The minimum atomic E-state index is -0.0947. The predicted molar refractivity (Wildman–Crippen MR) is 135 cm³/mol. The molecule has 2 aromatic carbocycles. The van der Waals surface area contributed by atoms with Crippen LogP contribution in [0.1, 0.15) is 46.4 Å². The molecule has 0 atom stereocenters. The molecule has 0 aliphatic carbocycles. The molecule has 2 aliphatic heterocycles. The summed E-state index contributed by atoms with van der Waals surface area (Å²) in [4.78, 5) is 42.8. The molecule has 192 valence electrons. The molecule has 2 aromatic rings. The summed E-state index contributed by atoms with van der Waals surface area (Å²) in [5.41, 5.74) is 1.20.